The van der Waals surface area contributed by atoms with Crippen molar-refractivity contribution < 1.29 is 19.1 Å². The molecule has 0 aliphatic rings. The Kier molecular flexibility index (Phi) is 7.19. The Morgan fingerprint density at radius 1 is 0.871 bits per heavy atom. The molecule has 6 nitrogen and oxygen atoms in total. The quantitative estimate of drug-likeness (QED) is 0.318. The summed E-state index contributed by atoms with van der Waals surface area (Å²) in [5.74, 6) is -0.826. The van der Waals surface area contributed by atoms with E-state index in [1.807, 2.05) is 18.2 Å². The van der Waals surface area contributed by atoms with Crippen molar-refractivity contribution in [3.8, 4) is 5.75 Å². The molecule has 0 spiro atoms. The van der Waals surface area contributed by atoms with E-state index >= 15 is 0 Å². The Morgan fingerprint density at radius 3 is 2.23 bits per heavy atom. The van der Waals surface area contributed by atoms with Gasteiger partial charge in [0, 0.05) is 35.0 Å². The van der Waals surface area contributed by atoms with E-state index in [4.69, 9.17) is 16.3 Å². The minimum Gasteiger partial charge on any atom is -0.427 e. The summed E-state index contributed by atoms with van der Waals surface area (Å²) in [7, 11) is 0. The van der Waals surface area contributed by atoms with Crippen LogP contribution in [-0.2, 0) is 9.59 Å². The van der Waals surface area contributed by atoms with Crippen LogP contribution in [0.4, 0.5) is 11.4 Å². The number of carbonyl (C=O) groups is 3. The summed E-state index contributed by atoms with van der Waals surface area (Å²) in [6.45, 7) is 1.29. The maximum Gasteiger partial charge on any atom is 0.308 e. The van der Waals surface area contributed by atoms with Crippen molar-refractivity contribution in [2.45, 2.75) is 6.92 Å². The van der Waals surface area contributed by atoms with Crippen molar-refractivity contribution in [2.75, 3.05) is 10.6 Å². The van der Waals surface area contributed by atoms with Gasteiger partial charge in [0.15, 0.2) is 0 Å². The van der Waals surface area contributed by atoms with E-state index in [0.29, 0.717) is 27.7 Å². The van der Waals surface area contributed by atoms with Crippen LogP contribution in [0.25, 0.3) is 6.08 Å². The van der Waals surface area contributed by atoms with E-state index in [1.165, 1.54) is 19.1 Å². The third-order valence-corrected chi connectivity index (χ3v) is 4.43. The number of amides is 2. The van der Waals surface area contributed by atoms with Crippen LogP contribution in [0, 0.1) is 0 Å². The molecular weight excluding hydrogens is 416 g/mol. The van der Waals surface area contributed by atoms with E-state index < -0.39 is 5.97 Å². The van der Waals surface area contributed by atoms with Crippen molar-refractivity contribution >= 4 is 46.8 Å². The molecule has 0 unspecified atom stereocenters. The molecule has 31 heavy (non-hydrogen) atoms. The number of esters is 1. The summed E-state index contributed by atoms with van der Waals surface area (Å²) < 4.78 is 4.99. The highest BCUT2D eigenvalue weighted by Crippen LogP contribution is 2.18. The van der Waals surface area contributed by atoms with Crippen molar-refractivity contribution in [2.24, 2.45) is 0 Å². The highest BCUT2D eigenvalue weighted by Gasteiger charge is 2.09. The van der Waals surface area contributed by atoms with Gasteiger partial charge in [0.25, 0.3) is 5.91 Å². The summed E-state index contributed by atoms with van der Waals surface area (Å²) in [5.41, 5.74) is 2.21. The van der Waals surface area contributed by atoms with Gasteiger partial charge in [0.05, 0.1) is 0 Å². The maximum absolute atomic E-state index is 12.4. The first-order chi connectivity index (χ1) is 14.9. The van der Waals surface area contributed by atoms with Gasteiger partial charge in [0.2, 0.25) is 5.91 Å². The van der Waals surface area contributed by atoms with Gasteiger partial charge in [-0.15, -0.1) is 0 Å². The molecule has 0 bridgehead atoms. The van der Waals surface area contributed by atoms with Crippen molar-refractivity contribution in [3.05, 3.63) is 95.0 Å². The molecule has 2 N–H and O–H groups in total. The van der Waals surface area contributed by atoms with Gasteiger partial charge < -0.3 is 15.4 Å². The number of ether oxygens (including phenoxy) is 1. The number of hydrogen-bond acceptors (Lipinski definition) is 4. The van der Waals surface area contributed by atoms with Gasteiger partial charge in [-0.05, 0) is 60.2 Å². The maximum atomic E-state index is 12.4. The zero-order valence-electron chi connectivity index (χ0n) is 16.6. The van der Waals surface area contributed by atoms with Crippen LogP contribution >= 0.6 is 11.6 Å². The van der Waals surface area contributed by atoms with Crippen LogP contribution in [0.5, 0.6) is 5.75 Å². The van der Waals surface area contributed by atoms with Crippen LogP contribution in [0.2, 0.25) is 5.02 Å². The lowest BCUT2D eigenvalue weighted by atomic mass is 10.2. The second kappa shape index (κ2) is 10.2. The third kappa shape index (κ3) is 6.55. The summed E-state index contributed by atoms with van der Waals surface area (Å²) in [4.78, 5) is 35.6. The lowest BCUT2D eigenvalue weighted by molar-refractivity contribution is -0.131. The number of nitrogens with one attached hydrogen (secondary N) is 2. The van der Waals surface area contributed by atoms with Crippen LogP contribution < -0.4 is 15.4 Å². The molecule has 0 aromatic heterocycles. The molecule has 0 saturated heterocycles. The first-order valence-corrected chi connectivity index (χ1v) is 9.72. The van der Waals surface area contributed by atoms with Crippen molar-refractivity contribution in [1.29, 1.82) is 0 Å². The van der Waals surface area contributed by atoms with Gasteiger partial charge >= 0.3 is 5.97 Å². The molecule has 0 aliphatic heterocycles. The molecule has 3 rings (SSSR count). The molecule has 3 aromatic carbocycles. The zero-order chi connectivity index (χ0) is 22.2. The fourth-order valence-corrected chi connectivity index (χ4v) is 2.87. The summed E-state index contributed by atoms with van der Waals surface area (Å²) in [6.07, 6.45) is 3.03. The lowest BCUT2D eigenvalue weighted by Crippen LogP contribution is -2.12. The molecule has 7 heteroatoms. The van der Waals surface area contributed by atoms with Crippen LogP contribution in [0.15, 0.2) is 78.9 Å². The summed E-state index contributed by atoms with van der Waals surface area (Å²) in [6, 6.07) is 20.2. The molecule has 0 fully saturated rings. The topological polar surface area (TPSA) is 84.5 Å². The van der Waals surface area contributed by atoms with Gasteiger partial charge in [0.1, 0.15) is 5.75 Å². The highest BCUT2D eigenvalue weighted by atomic mass is 35.5. The molecular formula is C24H19ClN2O4. The molecule has 156 valence electrons. The minimum atomic E-state index is -0.461. The van der Waals surface area contributed by atoms with Crippen LogP contribution in [-0.4, -0.2) is 17.8 Å². The average Bonchev–Trinajstić information content (AvgIpc) is 2.74. The molecule has 0 saturated carbocycles. The van der Waals surface area contributed by atoms with E-state index in [0.717, 1.165) is 5.56 Å². The average molecular weight is 435 g/mol. The standard InChI is InChI=1S/C24H19ClN2O4/c1-16(28)31-21-7-4-6-18(15-21)24(30)27-20-12-10-19(11-13-20)26-23(29)14-9-17-5-2-3-8-22(17)25/h2-15H,1H3,(H,26,29)(H,27,30)/b14-9+. The first kappa shape index (κ1) is 21.8. The van der Waals surface area contributed by atoms with Crippen LogP contribution in [0.3, 0.4) is 0 Å². The number of halogens is 1. The predicted octanol–water partition coefficient (Wildman–Crippen LogP) is 5.17. The largest absolute Gasteiger partial charge is 0.427 e. The van der Waals surface area contributed by atoms with E-state index in [9.17, 15) is 14.4 Å². The fraction of sp³-hybridized carbons (Fsp3) is 0.0417. The normalized spacial score (nSPS) is 10.5. The van der Waals surface area contributed by atoms with Gasteiger partial charge in [-0.1, -0.05) is 35.9 Å². The van der Waals surface area contributed by atoms with Crippen molar-refractivity contribution in [3.63, 3.8) is 0 Å². The first-order valence-electron chi connectivity index (χ1n) is 9.34. The summed E-state index contributed by atoms with van der Waals surface area (Å²) >= 11 is 6.06. The van der Waals surface area contributed by atoms with Gasteiger partial charge in [-0.25, -0.2) is 0 Å². The second-order valence-corrected chi connectivity index (χ2v) is 6.90. The monoisotopic (exact) mass is 434 g/mol. The van der Waals surface area contributed by atoms with Crippen LogP contribution in [0.1, 0.15) is 22.8 Å². The number of rotatable bonds is 6. The van der Waals surface area contributed by atoms with Gasteiger partial charge in [-0.3, -0.25) is 14.4 Å². The molecule has 0 atom stereocenters. The Hall–Kier alpha value is -3.90. The Balaban J connectivity index is 1.59. The van der Waals surface area contributed by atoms with E-state index in [1.54, 1.807) is 54.6 Å². The summed E-state index contributed by atoms with van der Waals surface area (Å²) in [5, 5.41) is 6.05. The Bertz CT molecular complexity index is 1140. The second-order valence-electron chi connectivity index (χ2n) is 6.50. The molecule has 0 heterocycles. The molecule has 0 aliphatic carbocycles. The molecule has 2 amide bonds. The van der Waals surface area contributed by atoms with E-state index in [-0.39, 0.29) is 11.8 Å². The molecule has 0 radical (unpaired) electrons. The Labute approximate surface area is 184 Å². The molecule has 3 aromatic rings. The SMILES string of the molecule is CC(=O)Oc1cccc(C(=O)Nc2ccc(NC(=O)/C=C/c3ccccc3Cl)cc2)c1. The Morgan fingerprint density at radius 2 is 1.55 bits per heavy atom. The third-order valence-electron chi connectivity index (χ3n) is 4.09. The number of benzene rings is 3. The fourth-order valence-electron chi connectivity index (χ4n) is 2.67. The highest BCUT2D eigenvalue weighted by molar-refractivity contribution is 6.32. The van der Waals surface area contributed by atoms with Crippen molar-refractivity contribution in [1.82, 2.24) is 0 Å². The number of anilines is 2. The number of hydrogen-bond donors (Lipinski definition) is 2. The lowest BCUT2D eigenvalue weighted by Gasteiger charge is -2.08. The van der Waals surface area contributed by atoms with Gasteiger partial charge in [-0.2, -0.15) is 0 Å². The smallest absolute Gasteiger partial charge is 0.308 e. The predicted molar refractivity (Wildman–Crippen MR) is 121 cm³/mol. The number of carbonyl (C=O) groups excluding carboxylic acids is 3. The minimum absolute atomic E-state index is 0.294. The van der Waals surface area contributed by atoms with E-state index in [2.05, 4.69) is 10.6 Å². The zero-order valence-corrected chi connectivity index (χ0v) is 17.3.